The molecule has 0 radical (unpaired) electrons. The second kappa shape index (κ2) is 9.32. The van der Waals surface area contributed by atoms with Crippen molar-refractivity contribution >= 4 is 23.3 Å². The number of likely N-dealkylation sites (N-methyl/N-ethyl adjacent to an activating group) is 1. The van der Waals surface area contributed by atoms with Gasteiger partial charge in [-0.05, 0) is 43.8 Å². The van der Waals surface area contributed by atoms with Gasteiger partial charge in [-0.1, -0.05) is 48.0 Å². The quantitative estimate of drug-likeness (QED) is 0.672. The van der Waals surface area contributed by atoms with E-state index in [1.54, 1.807) is 6.07 Å². The molecule has 0 fully saturated rings. The van der Waals surface area contributed by atoms with Gasteiger partial charge in [-0.3, -0.25) is 9.59 Å². The molecule has 0 saturated heterocycles. The fraction of sp³-hybridized carbons (Fsp3) is 0.304. The highest BCUT2D eigenvalue weighted by Crippen LogP contribution is 2.40. The first-order chi connectivity index (χ1) is 14.3. The van der Waals surface area contributed by atoms with E-state index in [0.717, 1.165) is 5.56 Å². The molecule has 2 aromatic carbocycles. The predicted octanol–water partition coefficient (Wildman–Crippen LogP) is 3.50. The van der Waals surface area contributed by atoms with Crippen molar-refractivity contribution in [3.63, 3.8) is 0 Å². The Kier molecular flexibility index (Phi) is 6.80. The number of Topliss-reactive ketones (excluding diaryl/α,β-unsaturated/α-hetero) is 1. The van der Waals surface area contributed by atoms with Gasteiger partial charge in [0.1, 0.15) is 5.75 Å². The Morgan fingerprint density at radius 3 is 2.47 bits per heavy atom. The number of aliphatic hydroxyl groups excluding tert-OH is 1. The maximum absolute atomic E-state index is 13.1. The molecular formula is C23H25ClN2O4. The lowest BCUT2D eigenvalue weighted by Crippen LogP contribution is -2.36. The first-order valence-electron chi connectivity index (χ1n) is 9.74. The number of hydrogen-bond acceptors (Lipinski definition) is 5. The van der Waals surface area contributed by atoms with Crippen LogP contribution in [0, 0.1) is 0 Å². The summed E-state index contributed by atoms with van der Waals surface area (Å²) in [6.07, 6.45) is 0.673. The summed E-state index contributed by atoms with van der Waals surface area (Å²) in [5.41, 5.74) is 1.65. The van der Waals surface area contributed by atoms with Gasteiger partial charge < -0.3 is 20.0 Å². The van der Waals surface area contributed by atoms with E-state index in [-0.39, 0.29) is 28.5 Å². The lowest BCUT2D eigenvalue weighted by molar-refractivity contribution is -0.129. The molecule has 2 N–H and O–H groups in total. The number of aliphatic hydroxyl groups is 1. The van der Waals surface area contributed by atoms with Gasteiger partial charge in [0.05, 0.1) is 16.6 Å². The highest BCUT2D eigenvalue weighted by atomic mass is 35.5. The third kappa shape index (κ3) is 4.66. The number of halogens is 1. The minimum absolute atomic E-state index is 0.0800. The van der Waals surface area contributed by atoms with Crippen LogP contribution in [0.5, 0.6) is 5.75 Å². The monoisotopic (exact) mass is 428 g/mol. The molecule has 0 bridgehead atoms. The average Bonchev–Trinajstić information content (AvgIpc) is 2.98. The number of hydrogen-bond donors (Lipinski definition) is 2. The van der Waals surface area contributed by atoms with E-state index in [4.69, 9.17) is 11.6 Å². The number of carbonyl (C=O) groups excluding carboxylic acids is 2. The van der Waals surface area contributed by atoms with E-state index >= 15 is 0 Å². The number of nitrogens with zero attached hydrogens (tertiary/aromatic N) is 2. The number of aryl methyl sites for hydroxylation is 1. The minimum atomic E-state index is -0.751. The van der Waals surface area contributed by atoms with E-state index < -0.39 is 17.7 Å². The van der Waals surface area contributed by atoms with E-state index in [2.05, 4.69) is 0 Å². The van der Waals surface area contributed by atoms with Gasteiger partial charge in [-0.15, -0.1) is 0 Å². The van der Waals surface area contributed by atoms with Crippen LogP contribution < -0.4 is 0 Å². The van der Waals surface area contributed by atoms with Gasteiger partial charge in [-0.2, -0.15) is 0 Å². The first kappa shape index (κ1) is 21.9. The van der Waals surface area contributed by atoms with Gasteiger partial charge in [0.2, 0.25) is 0 Å². The van der Waals surface area contributed by atoms with E-state index in [1.807, 2.05) is 49.3 Å². The fourth-order valence-electron chi connectivity index (χ4n) is 3.55. The maximum Gasteiger partial charge on any atom is 0.290 e. The molecule has 0 saturated carbocycles. The Labute approximate surface area is 181 Å². The van der Waals surface area contributed by atoms with Crippen LogP contribution in [0.3, 0.4) is 0 Å². The third-order valence-electron chi connectivity index (χ3n) is 5.16. The molecule has 7 heteroatoms. The summed E-state index contributed by atoms with van der Waals surface area (Å²) in [5.74, 6) is -1.46. The highest BCUT2D eigenvalue weighted by molar-refractivity contribution is 6.32. The van der Waals surface area contributed by atoms with Crippen molar-refractivity contribution in [2.24, 2.45) is 0 Å². The Balaban J connectivity index is 1.93. The molecule has 0 aromatic heterocycles. The number of benzene rings is 2. The molecule has 1 aliphatic rings. The maximum atomic E-state index is 13.1. The smallest absolute Gasteiger partial charge is 0.290 e. The number of carbonyl (C=O) groups is 2. The number of phenolic OH excluding ortho intramolecular Hbond substituents is 1. The number of ketones is 1. The first-order valence-corrected chi connectivity index (χ1v) is 10.1. The highest BCUT2D eigenvalue weighted by Gasteiger charge is 2.43. The van der Waals surface area contributed by atoms with Crippen LogP contribution in [0.1, 0.15) is 23.6 Å². The third-order valence-corrected chi connectivity index (χ3v) is 5.47. The number of amides is 1. The van der Waals surface area contributed by atoms with Crippen molar-refractivity contribution in [1.29, 1.82) is 0 Å². The lowest BCUT2D eigenvalue weighted by Gasteiger charge is -2.28. The summed E-state index contributed by atoms with van der Waals surface area (Å²) in [4.78, 5) is 29.3. The van der Waals surface area contributed by atoms with Crippen molar-refractivity contribution in [2.75, 3.05) is 27.2 Å². The largest absolute Gasteiger partial charge is 0.506 e. The fourth-order valence-corrected chi connectivity index (χ4v) is 3.74. The number of rotatable bonds is 8. The van der Waals surface area contributed by atoms with Crippen LogP contribution >= 0.6 is 11.6 Å². The van der Waals surface area contributed by atoms with Gasteiger partial charge in [0, 0.05) is 19.5 Å². The average molecular weight is 429 g/mol. The zero-order valence-corrected chi connectivity index (χ0v) is 17.8. The Hall–Kier alpha value is -2.83. The molecule has 1 heterocycles. The zero-order valence-electron chi connectivity index (χ0n) is 17.0. The Bertz CT molecular complexity index is 972. The van der Waals surface area contributed by atoms with Gasteiger partial charge >= 0.3 is 0 Å². The van der Waals surface area contributed by atoms with Crippen LogP contribution in [0.25, 0.3) is 0 Å². The summed E-state index contributed by atoms with van der Waals surface area (Å²) in [6, 6.07) is 13.4. The van der Waals surface area contributed by atoms with Crippen molar-refractivity contribution in [2.45, 2.75) is 18.9 Å². The summed E-state index contributed by atoms with van der Waals surface area (Å²) < 4.78 is 0. The van der Waals surface area contributed by atoms with Crippen molar-refractivity contribution in [3.8, 4) is 5.75 Å². The molecule has 3 rings (SSSR count). The van der Waals surface area contributed by atoms with E-state index in [9.17, 15) is 19.8 Å². The van der Waals surface area contributed by atoms with Crippen molar-refractivity contribution < 1.29 is 19.8 Å². The standard InChI is InChI=1S/C23H25ClN2O4/c1-25(2)12-13-26-21(16-9-11-18(27)17(24)14-16)20(22(29)23(26)30)19(28)10-8-15-6-4-3-5-7-15/h3-7,9,11,14,21,27,29H,8,10,12-13H2,1-2H3. The summed E-state index contributed by atoms with van der Waals surface area (Å²) in [6.45, 7) is 0.890. The van der Waals surface area contributed by atoms with Gasteiger partial charge in [0.15, 0.2) is 11.5 Å². The zero-order chi connectivity index (χ0) is 21.8. The van der Waals surface area contributed by atoms with Crippen LogP contribution in [-0.2, 0) is 16.0 Å². The molecule has 30 heavy (non-hydrogen) atoms. The second-order valence-corrected chi connectivity index (χ2v) is 7.99. The summed E-state index contributed by atoms with van der Waals surface area (Å²) in [7, 11) is 3.76. The topological polar surface area (TPSA) is 81.1 Å². The SMILES string of the molecule is CN(C)CCN1C(=O)C(O)=C(C(=O)CCc2ccccc2)C1c1ccc(O)c(Cl)c1. The van der Waals surface area contributed by atoms with Gasteiger partial charge in [0.25, 0.3) is 5.91 Å². The van der Waals surface area contributed by atoms with E-state index in [1.165, 1.54) is 17.0 Å². The molecule has 1 unspecified atom stereocenters. The van der Waals surface area contributed by atoms with E-state index in [0.29, 0.717) is 25.1 Å². The molecule has 2 aromatic rings. The lowest BCUT2D eigenvalue weighted by atomic mass is 9.93. The Morgan fingerprint density at radius 1 is 1.13 bits per heavy atom. The van der Waals surface area contributed by atoms with Crippen LogP contribution in [-0.4, -0.2) is 58.9 Å². The van der Waals surface area contributed by atoms with Crippen molar-refractivity contribution in [1.82, 2.24) is 9.80 Å². The van der Waals surface area contributed by atoms with Crippen molar-refractivity contribution in [3.05, 3.63) is 76.0 Å². The van der Waals surface area contributed by atoms with Crippen LogP contribution in [0.15, 0.2) is 59.9 Å². The molecule has 0 spiro atoms. The normalized spacial score (nSPS) is 16.6. The predicted molar refractivity (Wildman–Crippen MR) is 116 cm³/mol. The molecule has 158 valence electrons. The Morgan fingerprint density at radius 2 is 1.83 bits per heavy atom. The minimum Gasteiger partial charge on any atom is -0.506 e. The van der Waals surface area contributed by atoms with Crippen LogP contribution in [0.4, 0.5) is 0 Å². The van der Waals surface area contributed by atoms with Gasteiger partial charge in [-0.25, -0.2) is 0 Å². The molecule has 6 nitrogen and oxygen atoms in total. The molecular weight excluding hydrogens is 404 g/mol. The molecule has 1 amide bonds. The summed E-state index contributed by atoms with van der Waals surface area (Å²) >= 11 is 6.08. The number of phenols is 1. The molecule has 1 atom stereocenters. The second-order valence-electron chi connectivity index (χ2n) is 7.59. The summed E-state index contributed by atoms with van der Waals surface area (Å²) in [5, 5.41) is 20.5. The van der Waals surface area contributed by atoms with Crippen LogP contribution in [0.2, 0.25) is 5.02 Å². The molecule has 0 aliphatic carbocycles. The number of aromatic hydroxyl groups is 1. The molecule has 1 aliphatic heterocycles.